The number of carboxylic acids is 1. The first-order valence-corrected chi connectivity index (χ1v) is 10.1. The van der Waals surface area contributed by atoms with Crippen molar-refractivity contribution in [2.24, 2.45) is 11.8 Å². The van der Waals surface area contributed by atoms with E-state index in [1.807, 2.05) is 13.0 Å². The van der Waals surface area contributed by atoms with Gasteiger partial charge in [-0.15, -0.1) is 11.3 Å². The molecular formula is C20H16Cl2N2O3S. The van der Waals surface area contributed by atoms with Crippen LogP contribution in [0.1, 0.15) is 23.3 Å². The largest absolute Gasteiger partial charge is 0.481 e. The zero-order valence-electron chi connectivity index (χ0n) is 14.8. The average molecular weight is 435 g/mol. The lowest BCUT2D eigenvalue weighted by Crippen LogP contribution is -2.34. The predicted octanol–water partition coefficient (Wildman–Crippen LogP) is 5.51. The molecule has 28 heavy (non-hydrogen) atoms. The molecule has 0 bridgehead atoms. The van der Waals surface area contributed by atoms with Gasteiger partial charge in [0, 0.05) is 26.0 Å². The number of allylic oxidation sites excluding steroid dienone is 2. The fourth-order valence-electron chi connectivity index (χ4n) is 3.34. The van der Waals surface area contributed by atoms with Gasteiger partial charge in [0.2, 0.25) is 5.91 Å². The van der Waals surface area contributed by atoms with Crippen LogP contribution in [0.4, 0.5) is 5.00 Å². The molecule has 0 saturated carbocycles. The number of nitriles is 1. The van der Waals surface area contributed by atoms with Crippen molar-refractivity contribution in [1.29, 1.82) is 5.26 Å². The Morgan fingerprint density at radius 3 is 2.54 bits per heavy atom. The molecule has 1 aromatic heterocycles. The summed E-state index contributed by atoms with van der Waals surface area (Å²) in [5.41, 5.74) is 1.60. The Morgan fingerprint density at radius 2 is 1.93 bits per heavy atom. The van der Waals surface area contributed by atoms with Crippen LogP contribution in [0, 0.1) is 30.1 Å². The summed E-state index contributed by atoms with van der Waals surface area (Å²) in [6, 6.07) is 7.16. The van der Waals surface area contributed by atoms with Gasteiger partial charge in [-0.3, -0.25) is 9.59 Å². The van der Waals surface area contributed by atoms with Crippen molar-refractivity contribution in [3.8, 4) is 17.2 Å². The molecule has 1 heterocycles. The summed E-state index contributed by atoms with van der Waals surface area (Å²) in [7, 11) is 0. The third-order valence-corrected chi connectivity index (χ3v) is 6.29. The number of aryl methyl sites for hydroxylation is 1. The van der Waals surface area contributed by atoms with Crippen molar-refractivity contribution in [2.45, 2.75) is 19.8 Å². The lowest BCUT2D eigenvalue weighted by molar-refractivity contribution is -0.146. The Labute approximate surface area is 176 Å². The second-order valence-corrected chi connectivity index (χ2v) is 8.53. The number of anilines is 1. The maximum absolute atomic E-state index is 12.8. The van der Waals surface area contributed by atoms with Crippen LogP contribution >= 0.6 is 34.5 Å². The summed E-state index contributed by atoms with van der Waals surface area (Å²) in [6.45, 7) is 1.84. The van der Waals surface area contributed by atoms with Gasteiger partial charge in [-0.1, -0.05) is 41.4 Å². The van der Waals surface area contributed by atoms with Gasteiger partial charge in [0.15, 0.2) is 0 Å². The molecule has 2 atom stereocenters. The normalized spacial score (nSPS) is 18.5. The summed E-state index contributed by atoms with van der Waals surface area (Å²) in [5.74, 6) is -2.86. The zero-order chi connectivity index (χ0) is 20.4. The minimum absolute atomic E-state index is 0.304. The van der Waals surface area contributed by atoms with Gasteiger partial charge in [0.25, 0.3) is 0 Å². The number of thiophene rings is 1. The number of carboxylic acid groups (broad SMARTS) is 1. The van der Waals surface area contributed by atoms with Crippen LogP contribution < -0.4 is 5.32 Å². The first-order valence-electron chi connectivity index (χ1n) is 8.51. The minimum Gasteiger partial charge on any atom is -0.481 e. The standard InChI is InChI=1S/C20H16Cl2N2O3S/c1-10-17(14-7-6-11(21)8-16(14)22)15(9-23)19(28-10)24-18(25)12-4-2-3-5-13(12)20(26)27/h2-3,6-8,12-13H,4-5H2,1H3,(H,24,25)(H,26,27)/t12-,13-/m0/s1. The van der Waals surface area contributed by atoms with E-state index in [0.717, 1.165) is 4.88 Å². The summed E-state index contributed by atoms with van der Waals surface area (Å²) in [4.78, 5) is 25.0. The molecule has 1 amide bonds. The van der Waals surface area contributed by atoms with E-state index in [9.17, 15) is 20.0 Å². The first kappa shape index (κ1) is 20.4. The highest BCUT2D eigenvalue weighted by atomic mass is 35.5. The SMILES string of the molecule is Cc1sc(NC(=O)[C@H]2CC=CC[C@@H]2C(=O)O)c(C#N)c1-c1ccc(Cl)cc1Cl. The molecule has 0 fully saturated rings. The highest BCUT2D eigenvalue weighted by Gasteiger charge is 2.34. The second kappa shape index (κ2) is 8.36. The monoisotopic (exact) mass is 434 g/mol. The molecular weight excluding hydrogens is 419 g/mol. The number of carbonyl (C=O) groups excluding carboxylic acids is 1. The highest BCUT2D eigenvalue weighted by Crippen LogP contribution is 2.43. The lowest BCUT2D eigenvalue weighted by atomic mass is 9.82. The summed E-state index contributed by atoms with van der Waals surface area (Å²) >= 11 is 13.5. The molecule has 1 aromatic carbocycles. The van der Waals surface area contributed by atoms with Crippen LogP contribution in [-0.4, -0.2) is 17.0 Å². The Hall–Kier alpha value is -2.33. The number of benzene rings is 1. The summed E-state index contributed by atoms with van der Waals surface area (Å²) in [6.07, 6.45) is 4.26. The molecule has 0 saturated heterocycles. The number of aliphatic carboxylic acids is 1. The van der Waals surface area contributed by atoms with Crippen LogP contribution in [0.5, 0.6) is 0 Å². The molecule has 0 radical (unpaired) electrons. The number of rotatable bonds is 4. The van der Waals surface area contributed by atoms with Gasteiger partial charge in [0.1, 0.15) is 11.1 Å². The van der Waals surface area contributed by atoms with E-state index in [-0.39, 0.29) is 0 Å². The van der Waals surface area contributed by atoms with Gasteiger partial charge < -0.3 is 10.4 Å². The highest BCUT2D eigenvalue weighted by molar-refractivity contribution is 7.17. The minimum atomic E-state index is -0.999. The number of hydrogen-bond donors (Lipinski definition) is 2. The Bertz CT molecular complexity index is 1020. The molecule has 1 aliphatic carbocycles. The van der Waals surface area contributed by atoms with Crippen molar-refractivity contribution in [3.63, 3.8) is 0 Å². The number of halogens is 2. The fourth-order valence-corrected chi connectivity index (χ4v) is 4.86. The number of amides is 1. The quantitative estimate of drug-likeness (QED) is 0.620. The van der Waals surface area contributed by atoms with Gasteiger partial charge in [-0.05, 0) is 31.9 Å². The maximum Gasteiger partial charge on any atom is 0.307 e. The average Bonchev–Trinajstić information content (AvgIpc) is 2.96. The third kappa shape index (κ3) is 3.93. The van der Waals surface area contributed by atoms with E-state index in [0.29, 0.717) is 44.6 Å². The van der Waals surface area contributed by atoms with Crippen molar-refractivity contribution in [2.75, 3.05) is 5.32 Å². The van der Waals surface area contributed by atoms with E-state index in [1.165, 1.54) is 11.3 Å². The maximum atomic E-state index is 12.8. The molecule has 5 nitrogen and oxygen atoms in total. The van der Waals surface area contributed by atoms with E-state index < -0.39 is 23.7 Å². The molecule has 2 N–H and O–H groups in total. The predicted molar refractivity (Wildman–Crippen MR) is 111 cm³/mol. The summed E-state index contributed by atoms with van der Waals surface area (Å²) < 4.78 is 0. The number of hydrogen-bond acceptors (Lipinski definition) is 4. The molecule has 0 aliphatic heterocycles. The van der Waals surface area contributed by atoms with Gasteiger partial charge in [-0.2, -0.15) is 5.26 Å². The van der Waals surface area contributed by atoms with Crippen LogP contribution in [0.2, 0.25) is 10.0 Å². The first-order chi connectivity index (χ1) is 13.3. The molecule has 0 unspecified atom stereocenters. The topological polar surface area (TPSA) is 90.2 Å². The number of carbonyl (C=O) groups is 2. The van der Waals surface area contributed by atoms with Crippen LogP contribution in [0.25, 0.3) is 11.1 Å². The second-order valence-electron chi connectivity index (χ2n) is 6.46. The van der Waals surface area contributed by atoms with Crippen LogP contribution in [-0.2, 0) is 9.59 Å². The molecule has 2 aromatic rings. The van der Waals surface area contributed by atoms with E-state index in [4.69, 9.17) is 23.2 Å². The van der Waals surface area contributed by atoms with E-state index >= 15 is 0 Å². The molecule has 8 heteroatoms. The third-order valence-electron chi connectivity index (χ3n) is 4.72. The van der Waals surface area contributed by atoms with Crippen molar-refractivity contribution < 1.29 is 14.7 Å². The van der Waals surface area contributed by atoms with Crippen molar-refractivity contribution >= 4 is 51.4 Å². The molecule has 3 rings (SSSR count). The van der Waals surface area contributed by atoms with Crippen LogP contribution in [0.3, 0.4) is 0 Å². The van der Waals surface area contributed by atoms with Gasteiger partial charge in [0.05, 0.1) is 17.4 Å². The fraction of sp³-hybridized carbons (Fsp3) is 0.250. The van der Waals surface area contributed by atoms with Crippen molar-refractivity contribution in [3.05, 3.63) is 50.8 Å². The van der Waals surface area contributed by atoms with Crippen molar-refractivity contribution in [1.82, 2.24) is 0 Å². The number of nitrogens with zero attached hydrogens (tertiary/aromatic N) is 1. The van der Waals surface area contributed by atoms with E-state index in [2.05, 4.69) is 11.4 Å². The van der Waals surface area contributed by atoms with Gasteiger partial charge >= 0.3 is 5.97 Å². The zero-order valence-corrected chi connectivity index (χ0v) is 17.2. The Morgan fingerprint density at radius 1 is 1.25 bits per heavy atom. The van der Waals surface area contributed by atoms with E-state index in [1.54, 1.807) is 24.3 Å². The Balaban J connectivity index is 1.96. The lowest BCUT2D eigenvalue weighted by Gasteiger charge is -2.23. The summed E-state index contributed by atoms with van der Waals surface area (Å²) in [5, 5.41) is 23.2. The Kier molecular flexibility index (Phi) is 6.09. The number of nitrogens with one attached hydrogen (secondary N) is 1. The molecule has 0 spiro atoms. The smallest absolute Gasteiger partial charge is 0.307 e. The molecule has 1 aliphatic rings. The molecule has 144 valence electrons. The van der Waals surface area contributed by atoms with Crippen LogP contribution in [0.15, 0.2) is 30.4 Å². The van der Waals surface area contributed by atoms with Gasteiger partial charge in [-0.25, -0.2) is 0 Å².